The third-order valence-corrected chi connectivity index (χ3v) is 5.13. The lowest BCUT2D eigenvalue weighted by atomic mass is 9.93. The number of fused-ring (bicyclic) bond motifs is 1. The van der Waals surface area contributed by atoms with Crippen LogP contribution < -0.4 is 5.32 Å². The Morgan fingerprint density at radius 2 is 1.76 bits per heavy atom. The van der Waals surface area contributed by atoms with Crippen LogP contribution in [0.25, 0.3) is 6.08 Å². The molecule has 0 saturated heterocycles. The zero-order valence-corrected chi connectivity index (χ0v) is 16.9. The average Bonchev–Trinajstić information content (AvgIpc) is 2.73. The predicted octanol–water partition coefficient (Wildman–Crippen LogP) is 2.97. The molecule has 0 bridgehead atoms. The van der Waals surface area contributed by atoms with Crippen LogP contribution in [0.4, 0.5) is 0 Å². The zero-order valence-electron chi connectivity index (χ0n) is 16.9. The Morgan fingerprint density at radius 3 is 2.41 bits per heavy atom. The van der Waals surface area contributed by atoms with E-state index in [-0.39, 0.29) is 30.2 Å². The van der Waals surface area contributed by atoms with Crippen LogP contribution in [0.3, 0.4) is 0 Å². The molecule has 0 fully saturated rings. The molecule has 3 amide bonds. The molecule has 1 aliphatic heterocycles. The largest absolute Gasteiger partial charge is 0.355 e. The molecule has 29 heavy (non-hydrogen) atoms. The van der Waals surface area contributed by atoms with Crippen LogP contribution >= 0.6 is 0 Å². The van der Waals surface area contributed by atoms with Gasteiger partial charge in [0.25, 0.3) is 5.91 Å². The van der Waals surface area contributed by atoms with Crippen molar-refractivity contribution >= 4 is 23.8 Å². The first-order valence-electron chi connectivity index (χ1n) is 9.51. The summed E-state index contributed by atoms with van der Waals surface area (Å²) in [5.74, 6) is -0.294. The number of hydrogen-bond acceptors (Lipinski definition) is 3. The quantitative estimate of drug-likeness (QED) is 0.852. The number of carbonyl (C=O) groups excluding carboxylic acids is 3. The maximum Gasteiger partial charge on any atom is 0.251 e. The van der Waals surface area contributed by atoms with Crippen molar-refractivity contribution in [3.05, 3.63) is 77.0 Å². The molecular weight excluding hydrogens is 366 g/mol. The number of nitrogens with zero attached hydrogens (tertiary/aromatic N) is 2. The molecule has 6 nitrogen and oxygen atoms in total. The second kappa shape index (κ2) is 8.73. The minimum absolute atomic E-state index is 0.0540. The SMILES string of the molecule is CNC(=O)c1ccc(CN(C)C(=O)C[C@H]2c3ccccc3C=CN2C(C)=O)cc1. The highest BCUT2D eigenvalue weighted by Gasteiger charge is 2.29. The van der Waals surface area contributed by atoms with Crippen molar-refractivity contribution in [2.75, 3.05) is 14.1 Å². The van der Waals surface area contributed by atoms with Crippen molar-refractivity contribution in [1.29, 1.82) is 0 Å². The summed E-state index contributed by atoms with van der Waals surface area (Å²) in [7, 11) is 3.34. The van der Waals surface area contributed by atoms with E-state index in [2.05, 4.69) is 5.32 Å². The Bertz CT molecular complexity index is 950. The van der Waals surface area contributed by atoms with Crippen LogP contribution in [0.1, 0.15) is 46.4 Å². The Labute approximate surface area is 170 Å². The van der Waals surface area contributed by atoms with E-state index in [1.807, 2.05) is 42.5 Å². The summed E-state index contributed by atoms with van der Waals surface area (Å²) in [4.78, 5) is 39.9. The van der Waals surface area contributed by atoms with Crippen LogP contribution in [0.5, 0.6) is 0 Å². The van der Waals surface area contributed by atoms with Gasteiger partial charge in [0.15, 0.2) is 0 Å². The van der Waals surface area contributed by atoms with Gasteiger partial charge in [0.2, 0.25) is 11.8 Å². The first-order valence-corrected chi connectivity index (χ1v) is 9.51. The molecule has 0 aliphatic carbocycles. The molecule has 0 aromatic heterocycles. The van der Waals surface area contributed by atoms with Gasteiger partial charge in [-0.15, -0.1) is 0 Å². The standard InChI is InChI=1S/C23H25N3O3/c1-16(27)26-13-12-18-6-4-5-7-20(18)21(26)14-22(28)25(3)15-17-8-10-19(11-9-17)23(29)24-2/h4-13,21H,14-15H2,1-3H3,(H,24,29)/t21-/m0/s1. The second-order valence-electron chi connectivity index (χ2n) is 7.12. The third kappa shape index (κ3) is 4.54. The number of rotatable bonds is 5. The van der Waals surface area contributed by atoms with Crippen molar-refractivity contribution in [2.24, 2.45) is 0 Å². The summed E-state index contributed by atoms with van der Waals surface area (Å²) < 4.78 is 0. The average molecular weight is 391 g/mol. The Morgan fingerprint density at radius 1 is 1.07 bits per heavy atom. The molecule has 0 saturated carbocycles. The normalized spacial score (nSPS) is 14.9. The van der Waals surface area contributed by atoms with Crippen LogP contribution in [0, 0.1) is 0 Å². The van der Waals surface area contributed by atoms with Gasteiger partial charge in [0, 0.05) is 39.3 Å². The molecule has 1 atom stereocenters. The summed E-state index contributed by atoms with van der Waals surface area (Å²) in [6, 6.07) is 14.7. The molecule has 0 spiro atoms. The van der Waals surface area contributed by atoms with Crippen LogP contribution in [0.15, 0.2) is 54.7 Å². The molecule has 2 aromatic rings. The van der Waals surface area contributed by atoms with E-state index >= 15 is 0 Å². The molecule has 6 heteroatoms. The zero-order chi connectivity index (χ0) is 21.0. The number of nitrogens with one attached hydrogen (secondary N) is 1. The van der Waals surface area contributed by atoms with Crippen molar-refractivity contribution in [3.63, 3.8) is 0 Å². The molecule has 2 aromatic carbocycles. The fourth-order valence-corrected chi connectivity index (χ4v) is 3.50. The lowest BCUT2D eigenvalue weighted by Gasteiger charge is -2.33. The van der Waals surface area contributed by atoms with Gasteiger partial charge < -0.3 is 15.1 Å². The van der Waals surface area contributed by atoms with Crippen LogP contribution in [-0.2, 0) is 16.1 Å². The highest BCUT2D eigenvalue weighted by molar-refractivity contribution is 5.94. The summed E-state index contributed by atoms with van der Waals surface area (Å²) in [5.41, 5.74) is 3.51. The van der Waals surface area contributed by atoms with Gasteiger partial charge in [-0.05, 0) is 34.9 Å². The van der Waals surface area contributed by atoms with E-state index in [1.165, 1.54) is 6.92 Å². The third-order valence-electron chi connectivity index (χ3n) is 5.13. The van der Waals surface area contributed by atoms with E-state index in [0.717, 1.165) is 16.7 Å². The number of benzene rings is 2. The van der Waals surface area contributed by atoms with E-state index in [1.54, 1.807) is 42.2 Å². The topological polar surface area (TPSA) is 69.7 Å². The summed E-state index contributed by atoms with van der Waals surface area (Å²) in [5, 5.41) is 2.59. The van der Waals surface area contributed by atoms with E-state index in [0.29, 0.717) is 12.1 Å². The van der Waals surface area contributed by atoms with Gasteiger partial charge in [-0.3, -0.25) is 14.4 Å². The van der Waals surface area contributed by atoms with Gasteiger partial charge in [0.1, 0.15) is 0 Å². The summed E-state index contributed by atoms with van der Waals surface area (Å²) in [6.07, 6.45) is 3.85. The molecular formula is C23H25N3O3. The molecule has 0 radical (unpaired) electrons. The smallest absolute Gasteiger partial charge is 0.251 e. The summed E-state index contributed by atoms with van der Waals surface area (Å²) >= 11 is 0. The highest BCUT2D eigenvalue weighted by atomic mass is 16.2. The highest BCUT2D eigenvalue weighted by Crippen LogP contribution is 2.33. The second-order valence-corrected chi connectivity index (χ2v) is 7.12. The van der Waals surface area contributed by atoms with Crippen LogP contribution in [-0.4, -0.2) is 41.6 Å². The van der Waals surface area contributed by atoms with Gasteiger partial charge in [0.05, 0.1) is 12.5 Å². The fourth-order valence-electron chi connectivity index (χ4n) is 3.50. The first-order chi connectivity index (χ1) is 13.9. The lowest BCUT2D eigenvalue weighted by Crippen LogP contribution is -2.35. The van der Waals surface area contributed by atoms with Gasteiger partial charge >= 0.3 is 0 Å². The predicted molar refractivity (Wildman–Crippen MR) is 112 cm³/mol. The van der Waals surface area contributed by atoms with Gasteiger partial charge in [-0.1, -0.05) is 36.4 Å². The first kappa shape index (κ1) is 20.3. The minimum Gasteiger partial charge on any atom is -0.355 e. The summed E-state index contributed by atoms with van der Waals surface area (Å²) in [6.45, 7) is 1.94. The molecule has 3 rings (SSSR count). The number of amides is 3. The minimum atomic E-state index is -0.320. The Kier molecular flexibility index (Phi) is 6.12. The molecule has 1 heterocycles. The van der Waals surface area contributed by atoms with Crippen molar-refractivity contribution in [3.8, 4) is 0 Å². The van der Waals surface area contributed by atoms with Gasteiger partial charge in [-0.25, -0.2) is 0 Å². The lowest BCUT2D eigenvalue weighted by molar-refractivity contribution is -0.134. The van der Waals surface area contributed by atoms with Gasteiger partial charge in [-0.2, -0.15) is 0 Å². The maximum atomic E-state index is 12.9. The molecule has 1 aliphatic rings. The number of carbonyl (C=O) groups is 3. The van der Waals surface area contributed by atoms with Crippen LogP contribution in [0.2, 0.25) is 0 Å². The molecule has 0 unspecified atom stereocenters. The monoisotopic (exact) mass is 391 g/mol. The van der Waals surface area contributed by atoms with Crippen molar-refractivity contribution in [2.45, 2.75) is 25.9 Å². The van der Waals surface area contributed by atoms with E-state index < -0.39 is 0 Å². The number of hydrogen-bond donors (Lipinski definition) is 1. The Hall–Kier alpha value is -3.41. The van der Waals surface area contributed by atoms with E-state index in [4.69, 9.17) is 0 Å². The van der Waals surface area contributed by atoms with Crippen molar-refractivity contribution < 1.29 is 14.4 Å². The van der Waals surface area contributed by atoms with E-state index in [9.17, 15) is 14.4 Å². The fraction of sp³-hybridized carbons (Fsp3) is 0.261. The Balaban J connectivity index is 1.72. The van der Waals surface area contributed by atoms with Crippen molar-refractivity contribution in [1.82, 2.24) is 15.1 Å². The molecule has 150 valence electrons. The maximum absolute atomic E-state index is 12.9. The molecule has 1 N–H and O–H groups in total.